The molecule has 2 unspecified atom stereocenters. The fourth-order valence-corrected chi connectivity index (χ4v) is 5.08. The van der Waals surface area contributed by atoms with E-state index in [1.807, 2.05) is 6.92 Å². The van der Waals surface area contributed by atoms with E-state index < -0.39 is 23.4 Å². The van der Waals surface area contributed by atoms with Crippen molar-refractivity contribution in [2.24, 2.45) is 0 Å². The van der Waals surface area contributed by atoms with E-state index in [0.29, 0.717) is 59.9 Å². The van der Waals surface area contributed by atoms with Crippen molar-refractivity contribution < 1.29 is 27.8 Å². The molecular formula is C27H29F3N4O4. The molecule has 5 rings (SSSR count). The number of fused-ring (bicyclic) bond motifs is 1. The number of anilines is 2. The minimum absolute atomic E-state index is 0.0433. The van der Waals surface area contributed by atoms with Crippen LogP contribution >= 0.6 is 0 Å². The molecule has 11 heteroatoms. The number of aliphatic hydroxyl groups is 1. The number of halogens is 3. The van der Waals surface area contributed by atoms with Crippen molar-refractivity contribution in [1.82, 2.24) is 9.78 Å². The van der Waals surface area contributed by atoms with Gasteiger partial charge in [0.15, 0.2) is 0 Å². The molecular weight excluding hydrogens is 501 g/mol. The lowest BCUT2D eigenvalue weighted by molar-refractivity contribution is -0.137. The SMILES string of the molecule is COc1cc(OC)cc(-c2nn(-c3cc(N4CCC(O)C4)ccc3C(F)(F)F)c(=O)c3c2CCC(C)N3)c1. The van der Waals surface area contributed by atoms with Gasteiger partial charge in [-0.25, -0.2) is 0 Å². The van der Waals surface area contributed by atoms with Gasteiger partial charge in [-0.1, -0.05) is 0 Å². The molecule has 2 N–H and O–H groups in total. The molecule has 2 aliphatic heterocycles. The van der Waals surface area contributed by atoms with E-state index >= 15 is 0 Å². The zero-order valence-electron chi connectivity index (χ0n) is 21.3. The molecule has 202 valence electrons. The average Bonchev–Trinajstić information content (AvgIpc) is 3.34. The van der Waals surface area contributed by atoms with E-state index in [1.165, 1.54) is 26.4 Å². The molecule has 1 aromatic heterocycles. The van der Waals surface area contributed by atoms with Crippen LogP contribution in [0.5, 0.6) is 11.5 Å². The highest BCUT2D eigenvalue weighted by atomic mass is 19.4. The van der Waals surface area contributed by atoms with Gasteiger partial charge in [0.2, 0.25) is 0 Å². The summed E-state index contributed by atoms with van der Waals surface area (Å²) < 4.78 is 54.3. The number of methoxy groups -OCH3 is 2. The summed E-state index contributed by atoms with van der Waals surface area (Å²) in [5, 5.41) is 17.7. The van der Waals surface area contributed by atoms with Crippen molar-refractivity contribution in [2.45, 2.75) is 44.5 Å². The van der Waals surface area contributed by atoms with Crippen LogP contribution in [0.1, 0.15) is 30.9 Å². The summed E-state index contributed by atoms with van der Waals surface area (Å²) in [5.74, 6) is 0.964. The molecule has 1 saturated heterocycles. The van der Waals surface area contributed by atoms with Crippen molar-refractivity contribution in [3.05, 3.63) is 57.9 Å². The zero-order valence-corrected chi connectivity index (χ0v) is 21.3. The smallest absolute Gasteiger partial charge is 0.418 e. The predicted octanol–water partition coefficient (Wildman–Crippen LogP) is 4.25. The highest BCUT2D eigenvalue weighted by Crippen LogP contribution is 2.38. The van der Waals surface area contributed by atoms with Gasteiger partial charge < -0.3 is 24.8 Å². The fraction of sp³-hybridized carbons (Fsp3) is 0.407. The van der Waals surface area contributed by atoms with Crippen LogP contribution in [0.4, 0.5) is 24.5 Å². The Balaban J connectivity index is 1.78. The van der Waals surface area contributed by atoms with Crippen LogP contribution in [0.15, 0.2) is 41.2 Å². The Bertz CT molecular complexity index is 1400. The molecule has 0 bridgehead atoms. The fourth-order valence-electron chi connectivity index (χ4n) is 5.08. The monoisotopic (exact) mass is 530 g/mol. The van der Waals surface area contributed by atoms with E-state index in [9.17, 15) is 23.1 Å². The number of β-amino-alcohol motifs (C(OH)–C–C–N with tert-alkyl or cyclic N) is 1. The molecule has 3 heterocycles. The molecule has 38 heavy (non-hydrogen) atoms. The average molecular weight is 531 g/mol. The molecule has 2 atom stereocenters. The van der Waals surface area contributed by atoms with Crippen LogP contribution in [0.3, 0.4) is 0 Å². The van der Waals surface area contributed by atoms with Crippen molar-refractivity contribution >= 4 is 11.4 Å². The maximum Gasteiger partial charge on any atom is 0.418 e. The summed E-state index contributed by atoms with van der Waals surface area (Å²) in [7, 11) is 3.00. The number of ether oxygens (including phenoxy) is 2. The topological polar surface area (TPSA) is 88.8 Å². The summed E-state index contributed by atoms with van der Waals surface area (Å²) in [6.07, 6.45) is -3.52. The lowest BCUT2D eigenvalue weighted by Crippen LogP contribution is -2.34. The molecule has 0 amide bonds. The van der Waals surface area contributed by atoms with Crippen LogP contribution in [0, 0.1) is 0 Å². The number of alkyl halides is 3. The highest BCUT2D eigenvalue weighted by molar-refractivity contribution is 5.73. The summed E-state index contributed by atoms with van der Waals surface area (Å²) in [4.78, 5) is 15.5. The number of benzene rings is 2. The van der Waals surface area contributed by atoms with E-state index in [4.69, 9.17) is 9.47 Å². The summed E-state index contributed by atoms with van der Waals surface area (Å²) in [5.41, 5.74) is 0.240. The predicted molar refractivity (Wildman–Crippen MR) is 138 cm³/mol. The molecule has 0 radical (unpaired) electrons. The lowest BCUT2D eigenvalue weighted by atomic mass is 9.95. The maximum absolute atomic E-state index is 14.2. The minimum Gasteiger partial charge on any atom is -0.497 e. The second-order valence-electron chi connectivity index (χ2n) is 9.69. The molecule has 1 fully saturated rings. The third kappa shape index (κ3) is 4.78. The first-order chi connectivity index (χ1) is 18.1. The van der Waals surface area contributed by atoms with Gasteiger partial charge in [-0.05, 0) is 56.5 Å². The molecule has 2 aromatic carbocycles. The zero-order chi connectivity index (χ0) is 27.2. The Morgan fingerprint density at radius 2 is 1.79 bits per heavy atom. The number of hydrogen-bond donors (Lipinski definition) is 2. The first-order valence-corrected chi connectivity index (χ1v) is 12.4. The molecule has 2 aliphatic rings. The number of rotatable bonds is 5. The molecule has 0 saturated carbocycles. The number of nitrogens with zero attached hydrogens (tertiary/aromatic N) is 3. The molecule has 0 aliphatic carbocycles. The first kappa shape index (κ1) is 25.9. The van der Waals surface area contributed by atoms with Crippen molar-refractivity contribution in [1.29, 1.82) is 0 Å². The summed E-state index contributed by atoms with van der Waals surface area (Å²) in [6, 6.07) is 8.72. The molecule has 8 nitrogen and oxygen atoms in total. The lowest BCUT2D eigenvalue weighted by Gasteiger charge is -2.27. The molecule has 3 aromatic rings. The van der Waals surface area contributed by atoms with Crippen LogP contribution in [-0.2, 0) is 12.6 Å². The normalized spacial score (nSPS) is 19.2. The Morgan fingerprint density at radius 3 is 2.39 bits per heavy atom. The Morgan fingerprint density at radius 1 is 1.08 bits per heavy atom. The van der Waals surface area contributed by atoms with Gasteiger partial charge in [0.25, 0.3) is 5.56 Å². The summed E-state index contributed by atoms with van der Waals surface area (Å²) in [6.45, 7) is 2.71. The maximum atomic E-state index is 14.2. The van der Waals surface area contributed by atoms with Crippen LogP contribution < -0.4 is 25.2 Å². The van der Waals surface area contributed by atoms with Crippen molar-refractivity contribution in [3.8, 4) is 28.4 Å². The van der Waals surface area contributed by atoms with Gasteiger partial charge in [-0.2, -0.15) is 23.0 Å². The third-order valence-corrected chi connectivity index (χ3v) is 7.08. The number of hydrogen-bond acceptors (Lipinski definition) is 7. The highest BCUT2D eigenvalue weighted by Gasteiger charge is 2.36. The Kier molecular flexibility index (Phi) is 6.72. The standard InChI is InChI=1S/C27H29F3N4O4/c1-15-4-6-21-24(16-10-19(37-2)13-20(11-16)38-3)32-34(26(36)25(21)31-15)23-12-17(33-9-8-18(35)14-33)5-7-22(23)27(28,29)30/h5,7,10-13,15,18,31,35H,4,6,8-9,14H2,1-3H3. The minimum atomic E-state index is -4.73. The van der Waals surface area contributed by atoms with E-state index in [0.717, 1.165) is 17.2 Å². The molecule has 0 spiro atoms. The quantitative estimate of drug-likeness (QED) is 0.510. The summed E-state index contributed by atoms with van der Waals surface area (Å²) >= 11 is 0. The third-order valence-electron chi connectivity index (χ3n) is 7.08. The van der Waals surface area contributed by atoms with Crippen LogP contribution in [0.2, 0.25) is 0 Å². The number of aromatic nitrogens is 2. The second kappa shape index (κ2) is 9.86. The largest absolute Gasteiger partial charge is 0.497 e. The van der Waals surface area contributed by atoms with E-state index in [-0.39, 0.29) is 17.4 Å². The number of aliphatic hydroxyl groups excluding tert-OH is 1. The van der Waals surface area contributed by atoms with Gasteiger partial charge in [0, 0.05) is 42.0 Å². The van der Waals surface area contributed by atoms with Gasteiger partial charge >= 0.3 is 6.18 Å². The first-order valence-electron chi connectivity index (χ1n) is 12.4. The van der Waals surface area contributed by atoms with Crippen LogP contribution in [0.25, 0.3) is 16.9 Å². The van der Waals surface area contributed by atoms with Gasteiger partial charge in [-0.3, -0.25) is 4.79 Å². The van der Waals surface area contributed by atoms with Crippen molar-refractivity contribution in [3.63, 3.8) is 0 Å². The van der Waals surface area contributed by atoms with Gasteiger partial charge in [0.1, 0.15) is 17.2 Å². The van der Waals surface area contributed by atoms with Crippen LogP contribution in [-0.4, -0.2) is 54.3 Å². The van der Waals surface area contributed by atoms with E-state index in [2.05, 4.69) is 10.4 Å². The van der Waals surface area contributed by atoms with Crippen molar-refractivity contribution in [2.75, 3.05) is 37.5 Å². The van der Waals surface area contributed by atoms with E-state index in [1.54, 1.807) is 23.1 Å². The Hall–Kier alpha value is -3.73. The number of nitrogens with one attached hydrogen (secondary N) is 1. The van der Waals surface area contributed by atoms with Gasteiger partial charge in [0.05, 0.1) is 37.3 Å². The van der Waals surface area contributed by atoms with Gasteiger partial charge in [-0.15, -0.1) is 0 Å². The second-order valence-corrected chi connectivity index (χ2v) is 9.69. The Labute approximate surface area is 217 Å².